The van der Waals surface area contributed by atoms with Crippen LogP contribution in [0.3, 0.4) is 0 Å². The SMILES string of the molecule is C#CCCCCCCN1CCN(C)C(c2nc(C)no2)C1. The summed E-state index contributed by atoms with van der Waals surface area (Å²) in [6, 6.07) is 0.224. The molecular weight excluding hydrogens is 264 g/mol. The Morgan fingerprint density at radius 3 is 2.81 bits per heavy atom. The number of hydrogen-bond acceptors (Lipinski definition) is 5. The first kappa shape index (κ1) is 16.0. The summed E-state index contributed by atoms with van der Waals surface area (Å²) >= 11 is 0. The van der Waals surface area contributed by atoms with E-state index in [1.165, 1.54) is 19.3 Å². The number of aryl methyl sites for hydroxylation is 1. The van der Waals surface area contributed by atoms with Crippen molar-refractivity contribution in [2.24, 2.45) is 0 Å². The van der Waals surface area contributed by atoms with E-state index in [0.717, 1.165) is 44.9 Å². The molecular formula is C16H26N4O. The molecule has 1 aromatic rings. The zero-order valence-electron chi connectivity index (χ0n) is 13.2. The smallest absolute Gasteiger partial charge is 0.245 e. The van der Waals surface area contributed by atoms with Crippen LogP contribution in [-0.4, -0.2) is 53.2 Å². The molecule has 0 radical (unpaired) electrons. The molecule has 2 rings (SSSR count). The maximum absolute atomic E-state index is 5.34. The molecule has 1 aliphatic heterocycles. The van der Waals surface area contributed by atoms with Crippen molar-refractivity contribution >= 4 is 0 Å². The fraction of sp³-hybridized carbons (Fsp3) is 0.750. The van der Waals surface area contributed by atoms with E-state index in [1.54, 1.807) is 0 Å². The molecule has 1 aromatic heterocycles. The highest BCUT2D eigenvalue weighted by molar-refractivity contribution is 4.95. The number of terminal acetylenes is 1. The average Bonchev–Trinajstić information content (AvgIpc) is 2.90. The van der Waals surface area contributed by atoms with Crippen LogP contribution in [0.2, 0.25) is 0 Å². The van der Waals surface area contributed by atoms with Crippen LogP contribution in [-0.2, 0) is 0 Å². The van der Waals surface area contributed by atoms with Crippen molar-refractivity contribution in [1.82, 2.24) is 19.9 Å². The summed E-state index contributed by atoms with van der Waals surface area (Å²) in [5.41, 5.74) is 0. The molecule has 0 spiro atoms. The molecule has 116 valence electrons. The lowest BCUT2D eigenvalue weighted by Crippen LogP contribution is -2.47. The molecule has 1 unspecified atom stereocenters. The minimum atomic E-state index is 0.224. The van der Waals surface area contributed by atoms with Crippen LogP contribution < -0.4 is 0 Å². The Kier molecular flexibility index (Phi) is 6.21. The molecule has 5 heteroatoms. The van der Waals surface area contributed by atoms with Crippen molar-refractivity contribution < 1.29 is 4.52 Å². The van der Waals surface area contributed by atoms with Gasteiger partial charge in [0.1, 0.15) is 6.04 Å². The van der Waals surface area contributed by atoms with Crippen LogP contribution in [0.15, 0.2) is 4.52 Å². The largest absolute Gasteiger partial charge is 0.338 e. The monoisotopic (exact) mass is 290 g/mol. The van der Waals surface area contributed by atoms with Gasteiger partial charge in [-0.25, -0.2) is 0 Å². The van der Waals surface area contributed by atoms with E-state index < -0.39 is 0 Å². The van der Waals surface area contributed by atoms with Gasteiger partial charge in [-0.1, -0.05) is 18.0 Å². The standard InChI is InChI=1S/C16H26N4O/c1-4-5-6-7-8-9-10-20-12-11-19(3)15(13-20)16-17-14(2)18-21-16/h1,15H,5-13H2,2-3H3. The molecule has 0 bridgehead atoms. The van der Waals surface area contributed by atoms with E-state index in [0.29, 0.717) is 5.82 Å². The van der Waals surface area contributed by atoms with Gasteiger partial charge in [0.05, 0.1) is 0 Å². The third kappa shape index (κ3) is 4.83. The highest BCUT2D eigenvalue weighted by atomic mass is 16.5. The molecule has 5 nitrogen and oxygen atoms in total. The highest BCUT2D eigenvalue weighted by Gasteiger charge is 2.29. The third-order valence-electron chi connectivity index (χ3n) is 4.11. The van der Waals surface area contributed by atoms with Crippen LogP contribution in [0.4, 0.5) is 0 Å². The van der Waals surface area contributed by atoms with Gasteiger partial charge in [-0.15, -0.1) is 12.3 Å². The van der Waals surface area contributed by atoms with E-state index in [1.807, 2.05) is 6.92 Å². The van der Waals surface area contributed by atoms with Gasteiger partial charge >= 0.3 is 0 Å². The van der Waals surface area contributed by atoms with Gasteiger partial charge in [-0.2, -0.15) is 4.98 Å². The maximum atomic E-state index is 5.34. The lowest BCUT2D eigenvalue weighted by atomic mass is 10.1. The number of likely N-dealkylation sites (N-methyl/N-ethyl adjacent to an activating group) is 1. The third-order valence-corrected chi connectivity index (χ3v) is 4.11. The Morgan fingerprint density at radius 1 is 1.29 bits per heavy atom. The number of rotatable bonds is 7. The van der Waals surface area contributed by atoms with Crippen LogP contribution in [0, 0.1) is 19.3 Å². The van der Waals surface area contributed by atoms with Gasteiger partial charge in [0, 0.05) is 26.1 Å². The first-order valence-corrected chi connectivity index (χ1v) is 7.87. The molecule has 1 fully saturated rings. The molecule has 2 heterocycles. The summed E-state index contributed by atoms with van der Waals surface area (Å²) in [6.07, 6.45) is 11.1. The quantitative estimate of drug-likeness (QED) is 0.569. The molecule has 0 saturated carbocycles. The Morgan fingerprint density at radius 2 is 2.10 bits per heavy atom. The van der Waals surface area contributed by atoms with Gasteiger partial charge in [0.2, 0.25) is 5.89 Å². The normalized spacial score (nSPS) is 20.5. The zero-order valence-corrected chi connectivity index (χ0v) is 13.2. The molecule has 0 amide bonds. The molecule has 21 heavy (non-hydrogen) atoms. The summed E-state index contributed by atoms with van der Waals surface area (Å²) in [5, 5.41) is 3.91. The predicted octanol–water partition coefficient (Wildman–Crippen LogP) is 2.25. The van der Waals surface area contributed by atoms with Crippen LogP contribution in [0.1, 0.15) is 49.9 Å². The van der Waals surface area contributed by atoms with E-state index in [9.17, 15) is 0 Å². The lowest BCUT2D eigenvalue weighted by molar-refractivity contribution is 0.0748. The van der Waals surface area contributed by atoms with Gasteiger partial charge in [0.15, 0.2) is 5.82 Å². The van der Waals surface area contributed by atoms with Crippen LogP contribution in [0.5, 0.6) is 0 Å². The summed E-state index contributed by atoms with van der Waals surface area (Å²) in [6.45, 7) is 6.15. The Hall–Kier alpha value is -1.38. The average molecular weight is 290 g/mol. The predicted molar refractivity (Wildman–Crippen MR) is 82.8 cm³/mol. The van der Waals surface area contributed by atoms with Crippen molar-refractivity contribution in [1.29, 1.82) is 0 Å². The Labute approximate surface area is 127 Å². The molecule has 0 aromatic carbocycles. The van der Waals surface area contributed by atoms with E-state index >= 15 is 0 Å². The summed E-state index contributed by atoms with van der Waals surface area (Å²) in [4.78, 5) is 9.19. The second-order valence-corrected chi connectivity index (χ2v) is 5.85. The Bertz CT molecular complexity index is 465. The number of unbranched alkanes of at least 4 members (excludes halogenated alkanes) is 4. The Balaban J connectivity index is 1.74. The van der Waals surface area contributed by atoms with E-state index in [4.69, 9.17) is 10.9 Å². The van der Waals surface area contributed by atoms with Crippen LogP contribution in [0.25, 0.3) is 0 Å². The number of aromatic nitrogens is 2. The summed E-state index contributed by atoms with van der Waals surface area (Å²) in [7, 11) is 2.13. The number of nitrogens with zero attached hydrogens (tertiary/aromatic N) is 4. The van der Waals surface area contributed by atoms with E-state index in [2.05, 4.69) is 32.9 Å². The summed E-state index contributed by atoms with van der Waals surface area (Å²) in [5.74, 6) is 4.16. The van der Waals surface area contributed by atoms with Crippen molar-refractivity contribution in [3.05, 3.63) is 11.7 Å². The van der Waals surface area contributed by atoms with E-state index in [-0.39, 0.29) is 6.04 Å². The zero-order chi connectivity index (χ0) is 15.1. The van der Waals surface area contributed by atoms with Gasteiger partial charge < -0.3 is 4.52 Å². The molecule has 0 aliphatic carbocycles. The molecule has 1 atom stereocenters. The fourth-order valence-electron chi connectivity index (χ4n) is 2.76. The minimum Gasteiger partial charge on any atom is -0.338 e. The first-order chi connectivity index (χ1) is 10.2. The maximum Gasteiger partial charge on any atom is 0.245 e. The van der Waals surface area contributed by atoms with Crippen molar-refractivity contribution in [3.63, 3.8) is 0 Å². The second-order valence-electron chi connectivity index (χ2n) is 5.85. The van der Waals surface area contributed by atoms with Crippen molar-refractivity contribution in [2.75, 3.05) is 33.2 Å². The number of piperazine rings is 1. The molecule has 0 N–H and O–H groups in total. The van der Waals surface area contributed by atoms with Gasteiger partial charge in [0.25, 0.3) is 0 Å². The van der Waals surface area contributed by atoms with Crippen molar-refractivity contribution in [2.45, 2.75) is 45.1 Å². The van der Waals surface area contributed by atoms with Gasteiger partial charge in [-0.3, -0.25) is 9.80 Å². The fourth-order valence-corrected chi connectivity index (χ4v) is 2.76. The van der Waals surface area contributed by atoms with Gasteiger partial charge in [-0.05, 0) is 33.4 Å². The highest BCUT2D eigenvalue weighted by Crippen LogP contribution is 2.22. The summed E-state index contributed by atoms with van der Waals surface area (Å²) < 4.78 is 5.34. The van der Waals surface area contributed by atoms with Crippen LogP contribution >= 0.6 is 0 Å². The van der Waals surface area contributed by atoms with Crippen molar-refractivity contribution in [3.8, 4) is 12.3 Å². The minimum absolute atomic E-state index is 0.224. The first-order valence-electron chi connectivity index (χ1n) is 7.87. The second kappa shape index (κ2) is 8.16. The topological polar surface area (TPSA) is 45.4 Å². The molecule has 1 aliphatic rings. The molecule has 1 saturated heterocycles. The number of hydrogen-bond donors (Lipinski definition) is 0. The lowest BCUT2D eigenvalue weighted by Gasteiger charge is -2.37.